The minimum atomic E-state index is -0.139. The lowest BCUT2D eigenvalue weighted by molar-refractivity contribution is 0.103. The number of anilines is 1. The van der Waals surface area contributed by atoms with Crippen molar-refractivity contribution >= 4 is 33.1 Å². The maximum atomic E-state index is 12.9. The lowest BCUT2D eigenvalue weighted by Crippen LogP contribution is -2.16. The lowest BCUT2D eigenvalue weighted by atomic mass is 10.1. The number of carbonyl (C=O) groups is 1. The number of fused-ring (bicyclic) bond motifs is 2. The van der Waals surface area contributed by atoms with Crippen LogP contribution in [0, 0.1) is 13.8 Å². The van der Waals surface area contributed by atoms with Gasteiger partial charge >= 0.3 is 0 Å². The number of ether oxygens (including phenoxy) is 2. The Morgan fingerprint density at radius 3 is 2.70 bits per heavy atom. The fourth-order valence-electron chi connectivity index (χ4n) is 3.41. The van der Waals surface area contributed by atoms with Crippen LogP contribution in [0.15, 0.2) is 18.2 Å². The van der Waals surface area contributed by atoms with Crippen LogP contribution in [-0.4, -0.2) is 29.1 Å². The summed E-state index contributed by atoms with van der Waals surface area (Å²) < 4.78 is 11.1. The number of hydrogen-bond donors (Lipinski definition) is 1. The molecule has 2 aliphatic rings. The van der Waals surface area contributed by atoms with Gasteiger partial charge < -0.3 is 14.8 Å². The molecule has 1 N–H and O–H groups in total. The Balaban J connectivity index is 1.47. The summed E-state index contributed by atoms with van der Waals surface area (Å²) >= 11 is 1.43. The van der Waals surface area contributed by atoms with Gasteiger partial charge in [0.2, 0.25) is 0 Å². The van der Waals surface area contributed by atoms with Crippen LogP contribution in [0.25, 0.3) is 10.2 Å². The number of amides is 1. The lowest BCUT2D eigenvalue weighted by Gasteiger charge is -2.18. The normalized spacial score (nSPS) is 15.8. The van der Waals surface area contributed by atoms with Crippen LogP contribution in [0.2, 0.25) is 0 Å². The van der Waals surface area contributed by atoms with Crippen LogP contribution in [0.4, 0.5) is 5.69 Å². The van der Waals surface area contributed by atoms with Crippen molar-refractivity contribution in [3.05, 3.63) is 40.2 Å². The topological polar surface area (TPSA) is 73.3 Å². The Kier molecular flexibility index (Phi) is 3.79. The standard InChI is InChI=1S/C20H19N3O3S/c1-10-16-11(2)21-18(12-3-4-12)23-20(16)27-17(10)19(24)22-13-5-6-14-15(9-13)26-8-7-25-14/h5-6,9,12H,3-4,7-8H2,1-2H3,(H,22,24). The van der Waals surface area contributed by atoms with Gasteiger partial charge in [0, 0.05) is 23.1 Å². The van der Waals surface area contributed by atoms with E-state index in [2.05, 4.69) is 10.3 Å². The molecule has 1 amide bonds. The summed E-state index contributed by atoms with van der Waals surface area (Å²) in [4.78, 5) is 23.8. The molecule has 6 nitrogen and oxygen atoms in total. The number of nitrogens with one attached hydrogen (secondary N) is 1. The number of thiophene rings is 1. The molecule has 7 heteroatoms. The minimum absolute atomic E-state index is 0.139. The third-order valence-corrected chi connectivity index (χ3v) is 6.12. The number of aryl methyl sites for hydroxylation is 2. The smallest absolute Gasteiger partial charge is 0.266 e. The maximum absolute atomic E-state index is 12.9. The van der Waals surface area contributed by atoms with Crippen molar-refractivity contribution in [2.75, 3.05) is 18.5 Å². The van der Waals surface area contributed by atoms with Crippen LogP contribution in [-0.2, 0) is 0 Å². The van der Waals surface area contributed by atoms with E-state index < -0.39 is 0 Å². The number of carbonyl (C=O) groups excluding carboxylic acids is 1. The number of rotatable bonds is 3. The second-order valence-corrected chi connectivity index (χ2v) is 7.99. The van der Waals surface area contributed by atoms with E-state index in [0.29, 0.717) is 41.2 Å². The molecule has 1 saturated carbocycles. The monoisotopic (exact) mass is 381 g/mol. The van der Waals surface area contributed by atoms with Gasteiger partial charge in [-0.15, -0.1) is 11.3 Å². The summed E-state index contributed by atoms with van der Waals surface area (Å²) in [6.45, 7) is 5.02. The van der Waals surface area contributed by atoms with Gasteiger partial charge in [-0.1, -0.05) is 0 Å². The summed E-state index contributed by atoms with van der Waals surface area (Å²) in [5.74, 6) is 2.63. The minimum Gasteiger partial charge on any atom is -0.486 e. The summed E-state index contributed by atoms with van der Waals surface area (Å²) in [5.41, 5.74) is 2.57. The largest absolute Gasteiger partial charge is 0.486 e. The molecule has 138 valence electrons. The summed E-state index contributed by atoms with van der Waals surface area (Å²) in [6.07, 6.45) is 2.32. The van der Waals surface area contributed by atoms with Crippen molar-refractivity contribution < 1.29 is 14.3 Å². The zero-order chi connectivity index (χ0) is 18.5. The number of hydrogen-bond acceptors (Lipinski definition) is 6. The molecule has 27 heavy (non-hydrogen) atoms. The summed E-state index contributed by atoms with van der Waals surface area (Å²) in [7, 11) is 0. The fraction of sp³-hybridized carbons (Fsp3) is 0.350. The molecule has 5 rings (SSSR count). The first-order valence-corrected chi connectivity index (χ1v) is 9.90. The van der Waals surface area contributed by atoms with Gasteiger partial charge in [-0.05, 0) is 44.4 Å². The Labute approximate surface area is 160 Å². The predicted molar refractivity (Wildman–Crippen MR) is 104 cm³/mol. The SMILES string of the molecule is Cc1nc(C2CC2)nc2sc(C(=O)Nc3ccc4c(c3)OCCO4)c(C)c12. The molecule has 3 aromatic rings. The molecule has 0 atom stereocenters. The van der Waals surface area contributed by atoms with E-state index in [0.717, 1.165) is 40.1 Å². The molecule has 1 aliphatic heterocycles. The zero-order valence-corrected chi connectivity index (χ0v) is 16.0. The molecule has 1 aromatic carbocycles. The molecule has 0 saturated heterocycles. The quantitative estimate of drug-likeness (QED) is 0.736. The van der Waals surface area contributed by atoms with E-state index in [9.17, 15) is 4.79 Å². The molecule has 0 bridgehead atoms. The highest BCUT2D eigenvalue weighted by Gasteiger charge is 2.28. The highest BCUT2D eigenvalue weighted by atomic mass is 32.1. The third kappa shape index (κ3) is 2.92. The van der Waals surface area contributed by atoms with Gasteiger partial charge in [0.05, 0.1) is 10.6 Å². The second kappa shape index (κ2) is 6.20. The van der Waals surface area contributed by atoms with E-state index >= 15 is 0 Å². The highest BCUT2D eigenvalue weighted by molar-refractivity contribution is 7.20. The van der Waals surface area contributed by atoms with Gasteiger partial charge in [0.25, 0.3) is 5.91 Å². The average molecular weight is 381 g/mol. The Bertz CT molecular complexity index is 1070. The van der Waals surface area contributed by atoms with Gasteiger partial charge in [-0.25, -0.2) is 9.97 Å². The van der Waals surface area contributed by atoms with Gasteiger partial charge in [0.15, 0.2) is 11.5 Å². The number of benzene rings is 1. The average Bonchev–Trinajstić information content (AvgIpc) is 3.45. The summed E-state index contributed by atoms with van der Waals surface area (Å²) in [5, 5.41) is 3.96. The van der Waals surface area contributed by atoms with Crippen LogP contribution in [0.3, 0.4) is 0 Å². The molecular weight excluding hydrogens is 362 g/mol. The van der Waals surface area contributed by atoms with Crippen molar-refractivity contribution in [3.8, 4) is 11.5 Å². The first-order chi connectivity index (χ1) is 13.1. The Morgan fingerprint density at radius 2 is 1.93 bits per heavy atom. The van der Waals surface area contributed by atoms with Crippen LogP contribution in [0.1, 0.15) is 45.5 Å². The van der Waals surface area contributed by atoms with Gasteiger partial charge in [-0.2, -0.15) is 0 Å². The third-order valence-electron chi connectivity index (χ3n) is 4.94. The van der Waals surface area contributed by atoms with Gasteiger partial charge in [0.1, 0.15) is 23.9 Å². The first kappa shape index (κ1) is 16.5. The summed E-state index contributed by atoms with van der Waals surface area (Å²) in [6, 6.07) is 5.44. The van der Waals surface area contributed by atoms with E-state index in [1.54, 1.807) is 6.07 Å². The molecule has 0 radical (unpaired) electrons. The fourth-order valence-corrected chi connectivity index (χ4v) is 4.54. The molecule has 3 heterocycles. The first-order valence-electron chi connectivity index (χ1n) is 9.09. The van der Waals surface area contributed by atoms with E-state index in [-0.39, 0.29) is 5.91 Å². The van der Waals surface area contributed by atoms with Crippen molar-refractivity contribution in [1.29, 1.82) is 0 Å². The van der Waals surface area contributed by atoms with Crippen molar-refractivity contribution in [1.82, 2.24) is 9.97 Å². The second-order valence-electron chi connectivity index (χ2n) is 6.99. The predicted octanol–water partition coefficient (Wildman–Crippen LogP) is 4.21. The molecule has 1 fully saturated rings. The van der Waals surface area contributed by atoms with Crippen molar-refractivity contribution in [2.24, 2.45) is 0 Å². The van der Waals surface area contributed by atoms with Gasteiger partial charge in [-0.3, -0.25) is 4.79 Å². The van der Waals surface area contributed by atoms with Crippen molar-refractivity contribution in [3.63, 3.8) is 0 Å². The van der Waals surface area contributed by atoms with E-state index in [4.69, 9.17) is 14.5 Å². The Hall–Kier alpha value is -2.67. The maximum Gasteiger partial charge on any atom is 0.266 e. The highest BCUT2D eigenvalue weighted by Crippen LogP contribution is 2.40. The molecular formula is C20H19N3O3S. The number of nitrogens with zero attached hydrogens (tertiary/aromatic N) is 2. The van der Waals surface area contributed by atoms with E-state index in [1.165, 1.54) is 11.3 Å². The van der Waals surface area contributed by atoms with E-state index in [1.807, 2.05) is 26.0 Å². The molecule has 1 aliphatic carbocycles. The zero-order valence-electron chi connectivity index (χ0n) is 15.2. The number of aromatic nitrogens is 2. The van der Waals surface area contributed by atoms with Crippen molar-refractivity contribution in [2.45, 2.75) is 32.6 Å². The molecule has 2 aromatic heterocycles. The van der Waals surface area contributed by atoms with Crippen LogP contribution >= 0.6 is 11.3 Å². The molecule has 0 spiro atoms. The van der Waals surface area contributed by atoms with Crippen LogP contribution in [0.5, 0.6) is 11.5 Å². The Morgan fingerprint density at radius 1 is 1.15 bits per heavy atom. The van der Waals surface area contributed by atoms with Crippen LogP contribution < -0.4 is 14.8 Å². The molecule has 0 unspecified atom stereocenters.